The van der Waals surface area contributed by atoms with E-state index in [1.165, 1.54) is 23.3 Å². The number of rotatable bonds is 3. The molecule has 0 saturated carbocycles. The number of ether oxygens (including phenoxy) is 2. The van der Waals surface area contributed by atoms with Crippen molar-refractivity contribution in [2.45, 2.75) is 25.1 Å². The molecule has 2 heterocycles. The molecule has 0 spiro atoms. The fraction of sp³-hybridized carbons (Fsp3) is 0.316. The second-order valence-electron chi connectivity index (χ2n) is 6.24. The van der Waals surface area contributed by atoms with Crippen LogP contribution in [0, 0.1) is 5.82 Å². The predicted molar refractivity (Wildman–Crippen MR) is 86.1 cm³/mol. The summed E-state index contributed by atoms with van der Waals surface area (Å²) in [5.74, 6) is 0.0725. The fourth-order valence-electron chi connectivity index (χ4n) is 3.35. The predicted octanol–water partition coefficient (Wildman–Crippen LogP) is 2.56. The van der Waals surface area contributed by atoms with Gasteiger partial charge >= 0.3 is 5.97 Å². The van der Waals surface area contributed by atoms with Crippen molar-refractivity contribution in [3.8, 4) is 5.75 Å². The van der Waals surface area contributed by atoms with Crippen LogP contribution in [0.1, 0.15) is 11.1 Å². The van der Waals surface area contributed by atoms with Crippen LogP contribution >= 0.6 is 0 Å². The molecule has 0 radical (unpaired) electrons. The summed E-state index contributed by atoms with van der Waals surface area (Å²) in [6.07, 6.45) is 0.379. The summed E-state index contributed by atoms with van der Waals surface area (Å²) < 4.78 is 24.1. The van der Waals surface area contributed by atoms with Crippen LogP contribution in [0.3, 0.4) is 0 Å². The van der Waals surface area contributed by atoms with E-state index in [1.807, 2.05) is 12.1 Å². The molecule has 0 aromatic heterocycles. The number of hydrogen-bond donors (Lipinski definition) is 0. The summed E-state index contributed by atoms with van der Waals surface area (Å²) in [7, 11) is 0. The molecule has 2 aromatic carbocycles. The molecule has 1 fully saturated rings. The molecular weight excluding hydrogens is 309 g/mol. The van der Waals surface area contributed by atoms with E-state index in [9.17, 15) is 9.18 Å². The van der Waals surface area contributed by atoms with Crippen LogP contribution in [0.4, 0.5) is 4.39 Å². The first kappa shape index (κ1) is 15.1. The van der Waals surface area contributed by atoms with Crippen LogP contribution in [-0.2, 0) is 22.5 Å². The molecule has 1 saturated heterocycles. The van der Waals surface area contributed by atoms with Crippen LogP contribution in [0.25, 0.3) is 0 Å². The first-order valence-corrected chi connectivity index (χ1v) is 8.09. The Morgan fingerprint density at radius 1 is 1.12 bits per heavy atom. The average Bonchev–Trinajstić information content (AvgIpc) is 2.60. The lowest BCUT2D eigenvalue weighted by Crippen LogP contribution is -2.56. The third kappa shape index (κ3) is 2.99. The highest BCUT2D eigenvalue weighted by Gasteiger charge is 2.39. The van der Waals surface area contributed by atoms with Crippen molar-refractivity contribution in [2.24, 2.45) is 0 Å². The quantitative estimate of drug-likeness (QED) is 0.812. The first-order chi connectivity index (χ1) is 11.7. The third-order valence-corrected chi connectivity index (χ3v) is 4.59. The number of hydrogen-bond acceptors (Lipinski definition) is 4. The van der Waals surface area contributed by atoms with Crippen molar-refractivity contribution >= 4 is 5.97 Å². The van der Waals surface area contributed by atoms with E-state index in [4.69, 9.17) is 9.47 Å². The van der Waals surface area contributed by atoms with E-state index in [2.05, 4.69) is 17.0 Å². The minimum Gasteiger partial charge on any atom is -0.490 e. The maximum absolute atomic E-state index is 12.9. The normalized spacial score (nSPS) is 23.1. The Labute approximate surface area is 139 Å². The number of nitrogens with zero attached hydrogens (tertiary/aromatic N) is 1. The minimum atomic E-state index is -0.316. The number of cyclic esters (lactones) is 1. The molecule has 0 aliphatic carbocycles. The molecule has 2 aliphatic heterocycles. The van der Waals surface area contributed by atoms with E-state index in [1.54, 1.807) is 12.1 Å². The van der Waals surface area contributed by atoms with Crippen molar-refractivity contribution in [2.75, 3.05) is 13.2 Å². The first-order valence-electron chi connectivity index (χ1n) is 8.09. The number of morpholine rings is 1. The molecule has 2 aromatic rings. The Bertz CT molecular complexity index is 747. The van der Waals surface area contributed by atoms with E-state index in [0.717, 1.165) is 6.54 Å². The van der Waals surface area contributed by atoms with Gasteiger partial charge in [-0.25, -0.2) is 4.39 Å². The molecule has 24 heavy (non-hydrogen) atoms. The van der Waals surface area contributed by atoms with Crippen LogP contribution in [0.2, 0.25) is 0 Å². The maximum Gasteiger partial charge on any atom is 0.324 e. The van der Waals surface area contributed by atoms with Crippen molar-refractivity contribution in [1.29, 1.82) is 0 Å². The molecule has 2 aliphatic rings. The standard InChI is InChI=1S/C19H18FNO3/c20-15-5-7-16(8-6-15)23-12-17-11-21-10-14-4-2-1-3-13(14)9-18(21)19(22)24-17/h1-8,17-18H,9-12H2/t17-,18-/m0/s1. The minimum absolute atomic E-state index is 0.191. The Kier molecular flexibility index (Phi) is 3.94. The van der Waals surface area contributed by atoms with Gasteiger partial charge in [0.25, 0.3) is 0 Å². The summed E-state index contributed by atoms with van der Waals surface area (Å²) in [4.78, 5) is 14.5. The molecule has 0 bridgehead atoms. The van der Waals surface area contributed by atoms with Gasteiger partial charge in [-0.2, -0.15) is 0 Å². The van der Waals surface area contributed by atoms with Gasteiger partial charge in [-0.05, 0) is 41.8 Å². The topological polar surface area (TPSA) is 38.8 Å². The Morgan fingerprint density at radius 3 is 2.67 bits per heavy atom. The van der Waals surface area contributed by atoms with Crippen molar-refractivity contribution in [3.05, 3.63) is 65.5 Å². The zero-order valence-electron chi connectivity index (χ0n) is 13.2. The Balaban J connectivity index is 1.42. The smallest absolute Gasteiger partial charge is 0.324 e. The number of fused-ring (bicyclic) bond motifs is 2. The zero-order valence-corrected chi connectivity index (χ0v) is 13.2. The van der Waals surface area contributed by atoms with Gasteiger partial charge in [-0.15, -0.1) is 0 Å². The lowest BCUT2D eigenvalue weighted by Gasteiger charge is -2.41. The monoisotopic (exact) mass is 327 g/mol. The molecule has 5 heteroatoms. The molecule has 2 atom stereocenters. The van der Waals surface area contributed by atoms with Gasteiger partial charge in [-0.3, -0.25) is 9.69 Å². The highest BCUT2D eigenvalue weighted by atomic mass is 19.1. The zero-order chi connectivity index (χ0) is 16.5. The molecule has 0 amide bonds. The van der Waals surface area contributed by atoms with Gasteiger partial charge in [0.05, 0.1) is 0 Å². The lowest BCUT2D eigenvalue weighted by atomic mass is 9.93. The summed E-state index contributed by atoms with van der Waals surface area (Å²) in [6, 6.07) is 13.8. The molecule has 0 unspecified atom stereocenters. The van der Waals surface area contributed by atoms with Crippen LogP contribution in [0.5, 0.6) is 5.75 Å². The number of carbonyl (C=O) groups is 1. The summed E-state index contributed by atoms with van der Waals surface area (Å²) in [5.41, 5.74) is 2.48. The van der Waals surface area contributed by atoms with Gasteiger partial charge < -0.3 is 9.47 Å². The van der Waals surface area contributed by atoms with Crippen LogP contribution < -0.4 is 4.74 Å². The van der Waals surface area contributed by atoms with Crippen molar-refractivity contribution in [3.63, 3.8) is 0 Å². The highest BCUT2D eigenvalue weighted by molar-refractivity contribution is 5.77. The molecule has 124 valence electrons. The van der Waals surface area contributed by atoms with E-state index in [-0.39, 0.29) is 30.5 Å². The number of carbonyl (C=O) groups excluding carboxylic acids is 1. The largest absolute Gasteiger partial charge is 0.490 e. The maximum atomic E-state index is 12.9. The Hall–Kier alpha value is -2.40. The van der Waals surface area contributed by atoms with Gasteiger partial charge in [0.15, 0.2) is 0 Å². The lowest BCUT2D eigenvalue weighted by molar-refractivity contribution is -0.169. The second kappa shape index (κ2) is 6.24. The SMILES string of the molecule is O=C1O[C@H](COc2ccc(F)cc2)CN2Cc3ccccc3C[C@@H]12. The number of benzene rings is 2. The average molecular weight is 327 g/mol. The molecule has 4 rings (SSSR count). The summed E-state index contributed by atoms with van der Waals surface area (Å²) >= 11 is 0. The van der Waals surface area contributed by atoms with Crippen molar-refractivity contribution in [1.82, 2.24) is 4.90 Å². The fourth-order valence-corrected chi connectivity index (χ4v) is 3.35. The van der Waals surface area contributed by atoms with Gasteiger partial charge in [0.1, 0.15) is 30.3 Å². The summed E-state index contributed by atoms with van der Waals surface area (Å²) in [5, 5.41) is 0. The molecule has 0 N–H and O–H groups in total. The van der Waals surface area contributed by atoms with Gasteiger partial charge in [0.2, 0.25) is 0 Å². The van der Waals surface area contributed by atoms with Crippen LogP contribution in [0.15, 0.2) is 48.5 Å². The Morgan fingerprint density at radius 2 is 1.88 bits per heavy atom. The highest BCUT2D eigenvalue weighted by Crippen LogP contribution is 2.27. The van der Waals surface area contributed by atoms with Crippen LogP contribution in [-0.4, -0.2) is 36.2 Å². The number of esters is 1. The molecular formula is C19H18FNO3. The third-order valence-electron chi connectivity index (χ3n) is 4.59. The number of halogens is 1. The van der Waals surface area contributed by atoms with Gasteiger partial charge in [0, 0.05) is 13.1 Å². The summed E-state index contributed by atoms with van der Waals surface area (Å²) in [6.45, 7) is 1.66. The molecule has 4 nitrogen and oxygen atoms in total. The van der Waals surface area contributed by atoms with E-state index in [0.29, 0.717) is 18.7 Å². The van der Waals surface area contributed by atoms with E-state index < -0.39 is 0 Å². The van der Waals surface area contributed by atoms with Gasteiger partial charge in [-0.1, -0.05) is 24.3 Å². The van der Waals surface area contributed by atoms with Crippen molar-refractivity contribution < 1.29 is 18.7 Å². The second-order valence-corrected chi connectivity index (χ2v) is 6.24. The van der Waals surface area contributed by atoms with E-state index >= 15 is 0 Å².